The van der Waals surface area contributed by atoms with Crippen molar-refractivity contribution in [2.45, 2.75) is 124 Å². The number of allylic oxidation sites excluding steroid dienone is 6. The molecule has 0 amide bonds. The van der Waals surface area contributed by atoms with Crippen LogP contribution in [0.4, 0.5) is 11.4 Å². The van der Waals surface area contributed by atoms with E-state index in [1.165, 1.54) is 88.2 Å². The zero-order valence-electron chi connectivity index (χ0n) is 26.7. The normalized spacial score (nSPS) is 12.3. The summed E-state index contributed by atoms with van der Waals surface area (Å²) >= 11 is 0. The van der Waals surface area contributed by atoms with Gasteiger partial charge in [-0.25, -0.2) is 4.99 Å². The van der Waals surface area contributed by atoms with Crippen molar-refractivity contribution >= 4 is 23.3 Å². The maximum Gasteiger partial charge on any atom is 0.0816 e. The quantitative estimate of drug-likeness (QED) is 0.0548. The summed E-state index contributed by atoms with van der Waals surface area (Å²) in [5, 5.41) is 0. The van der Waals surface area contributed by atoms with Gasteiger partial charge in [-0.05, 0) is 87.6 Å². The maximum absolute atomic E-state index is 5.02. The average Bonchev–Trinajstić information content (AvgIpc) is 2.99. The maximum atomic E-state index is 5.02. The Hall–Kier alpha value is -2.51. The number of rotatable bonds is 22. The minimum atomic E-state index is 0. The van der Waals surface area contributed by atoms with Crippen LogP contribution in [0.25, 0.3) is 0 Å². The Kier molecular flexibility index (Phi) is 23.4. The molecule has 2 aromatic rings. The van der Waals surface area contributed by atoms with E-state index in [9.17, 15) is 0 Å². The van der Waals surface area contributed by atoms with Crippen LogP contribution in [-0.2, 0) is 29.3 Å². The van der Waals surface area contributed by atoms with Crippen LogP contribution in [-0.4, -0.2) is 11.9 Å². The minimum absolute atomic E-state index is 0. The Morgan fingerprint density at radius 3 is 1.62 bits per heavy atom. The van der Waals surface area contributed by atoms with Crippen LogP contribution in [0.5, 0.6) is 0 Å². The molecule has 232 valence electrons. The summed E-state index contributed by atoms with van der Waals surface area (Å²) < 4.78 is 0. The molecule has 0 saturated heterocycles. The standard InChI is InChI=1S/C39H56N2.Ni/c1-4-7-9-11-13-15-17-19-21-28-35-30-23-25-32-38(35)40-34-37(27-6-3)41-39-33-26-24-31-36(39)29-22-20-18-16-14-12-10-8-5-2;/h6,17-20,23-27,30-34H,4-5,7-16,21-22,28-29H2,1-3H3;/b19-17+,20-18+,27-6-,40-34?,41-37?;. The van der Waals surface area contributed by atoms with E-state index in [1.807, 2.05) is 25.3 Å². The predicted octanol–water partition coefficient (Wildman–Crippen LogP) is 12.4. The van der Waals surface area contributed by atoms with Gasteiger partial charge in [0.2, 0.25) is 0 Å². The summed E-state index contributed by atoms with van der Waals surface area (Å²) in [4.78, 5) is 9.91. The molecule has 0 aromatic heterocycles. The first-order valence-electron chi connectivity index (χ1n) is 16.5. The average molecular weight is 612 g/mol. The second kappa shape index (κ2) is 26.1. The molecule has 3 heteroatoms. The molecule has 0 aliphatic rings. The number of nitrogens with zero attached hydrogens (tertiary/aromatic N) is 2. The van der Waals surface area contributed by atoms with Crippen LogP contribution < -0.4 is 0 Å². The fourth-order valence-electron chi connectivity index (χ4n) is 4.91. The fraction of sp³-hybridized carbons (Fsp3) is 0.487. The van der Waals surface area contributed by atoms with Gasteiger partial charge in [-0.1, -0.05) is 132 Å². The van der Waals surface area contributed by atoms with E-state index in [0.717, 1.165) is 42.8 Å². The monoisotopic (exact) mass is 610 g/mol. The zero-order chi connectivity index (χ0) is 29.2. The Labute approximate surface area is 268 Å². The van der Waals surface area contributed by atoms with Crippen LogP contribution in [0.2, 0.25) is 0 Å². The van der Waals surface area contributed by atoms with E-state index >= 15 is 0 Å². The third-order valence-electron chi connectivity index (χ3n) is 7.35. The molecule has 0 bridgehead atoms. The van der Waals surface area contributed by atoms with Gasteiger partial charge in [-0.3, -0.25) is 4.99 Å². The summed E-state index contributed by atoms with van der Waals surface area (Å²) in [5.74, 6) is 0. The predicted molar refractivity (Wildman–Crippen MR) is 185 cm³/mol. The Balaban J connectivity index is 0.00000882. The van der Waals surface area contributed by atoms with Crippen molar-refractivity contribution in [2.24, 2.45) is 9.98 Å². The Bertz CT molecular complexity index is 1090. The molecule has 0 N–H and O–H groups in total. The molecule has 0 spiro atoms. The number of unbranched alkanes of at least 4 members (excludes halogenated alkanes) is 10. The molecule has 2 nitrogen and oxygen atoms in total. The second-order valence-corrected chi connectivity index (χ2v) is 11.0. The van der Waals surface area contributed by atoms with Gasteiger partial charge in [-0.2, -0.15) is 0 Å². The summed E-state index contributed by atoms with van der Waals surface area (Å²) in [6.45, 7) is 6.58. The fourth-order valence-corrected chi connectivity index (χ4v) is 4.91. The third kappa shape index (κ3) is 17.4. The van der Waals surface area contributed by atoms with Crippen LogP contribution in [0.3, 0.4) is 0 Å². The van der Waals surface area contributed by atoms with Crippen LogP contribution in [0, 0.1) is 0 Å². The first-order valence-corrected chi connectivity index (χ1v) is 16.5. The van der Waals surface area contributed by atoms with Crippen molar-refractivity contribution in [3.05, 3.63) is 96.1 Å². The van der Waals surface area contributed by atoms with Crippen molar-refractivity contribution in [3.63, 3.8) is 0 Å². The van der Waals surface area contributed by atoms with E-state index in [-0.39, 0.29) is 16.5 Å². The minimum Gasteiger partial charge on any atom is -0.254 e. The van der Waals surface area contributed by atoms with E-state index in [2.05, 4.69) is 86.7 Å². The third-order valence-corrected chi connectivity index (χ3v) is 7.35. The molecule has 2 rings (SSSR count). The van der Waals surface area contributed by atoms with Gasteiger partial charge in [0.1, 0.15) is 0 Å². The first-order chi connectivity index (χ1) is 20.3. The molecule has 2 aromatic carbocycles. The molecule has 42 heavy (non-hydrogen) atoms. The molecule has 0 radical (unpaired) electrons. The van der Waals surface area contributed by atoms with E-state index in [4.69, 9.17) is 9.98 Å². The van der Waals surface area contributed by atoms with Gasteiger partial charge >= 0.3 is 0 Å². The topological polar surface area (TPSA) is 24.7 Å². The first kappa shape index (κ1) is 37.5. The molecule has 0 aliphatic carbocycles. The van der Waals surface area contributed by atoms with Crippen molar-refractivity contribution < 1.29 is 16.5 Å². The largest absolute Gasteiger partial charge is 0.254 e. The molecule has 0 heterocycles. The molecular formula is C39H56N2Ni. The van der Waals surface area contributed by atoms with Crippen molar-refractivity contribution in [1.82, 2.24) is 0 Å². The van der Waals surface area contributed by atoms with Crippen LogP contribution in [0.1, 0.15) is 122 Å². The second-order valence-electron chi connectivity index (χ2n) is 11.0. The van der Waals surface area contributed by atoms with Gasteiger partial charge in [0.15, 0.2) is 0 Å². The SMILES string of the molecule is C/C=C\C(C=Nc1ccccc1CC/C=C/CCCCCCC)=Nc1ccccc1CC/C=C/CCCCCCC.[Ni]. The van der Waals surface area contributed by atoms with E-state index < -0.39 is 0 Å². The number of benzene rings is 2. The van der Waals surface area contributed by atoms with Gasteiger partial charge < -0.3 is 0 Å². The summed E-state index contributed by atoms with van der Waals surface area (Å²) in [7, 11) is 0. The molecule has 0 atom stereocenters. The van der Waals surface area contributed by atoms with Gasteiger partial charge in [-0.15, -0.1) is 0 Å². The van der Waals surface area contributed by atoms with Crippen LogP contribution >= 0.6 is 0 Å². The van der Waals surface area contributed by atoms with Gasteiger partial charge in [0.05, 0.1) is 23.3 Å². The van der Waals surface area contributed by atoms with Crippen molar-refractivity contribution in [1.29, 1.82) is 0 Å². The summed E-state index contributed by atoms with van der Waals surface area (Å²) in [6, 6.07) is 17.0. The zero-order valence-corrected chi connectivity index (χ0v) is 27.7. The molecule has 0 saturated carbocycles. The number of aryl methyl sites for hydroxylation is 2. The van der Waals surface area contributed by atoms with E-state index in [1.54, 1.807) is 0 Å². The number of aliphatic imine (C=N–C) groups is 2. The summed E-state index contributed by atoms with van der Waals surface area (Å²) in [6.07, 6.45) is 35.3. The van der Waals surface area contributed by atoms with Crippen LogP contribution in [0.15, 0.2) is 95.0 Å². The van der Waals surface area contributed by atoms with Crippen molar-refractivity contribution in [2.75, 3.05) is 0 Å². The number of hydrogen-bond acceptors (Lipinski definition) is 2. The summed E-state index contributed by atoms with van der Waals surface area (Å²) in [5.41, 5.74) is 5.51. The number of hydrogen-bond donors (Lipinski definition) is 0. The number of para-hydroxylation sites is 2. The van der Waals surface area contributed by atoms with Gasteiger partial charge in [0.25, 0.3) is 0 Å². The molecular weight excluding hydrogens is 555 g/mol. The molecule has 0 fully saturated rings. The van der Waals surface area contributed by atoms with Crippen molar-refractivity contribution in [3.8, 4) is 0 Å². The molecule has 0 aliphatic heterocycles. The Morgan fingerprint density at radius 2 is 1.07 bits per heavy atom. The smallest absolute Gasteiger partial charge is 0.0816 e. The van der Waals surface area contributed by atoms with E-state index in [0.29, 0.717) is 0 Å². The molecule has 0 unspecified atom stereocenters. The Morgan fingerprint density at radius 1 is 0.595 bits per heavy atom. The van der Waals surface area contributed by atoms with Gasteiger partial charge in [0, 0.05) is 16.5 Å².